The number of rotatable bonds is 6. The molecule has 29 heavy (non-hydrogen) atoms. The summed E-state index contributed by atoms with van der Waals surface area (Å²) in [6, 6.07) is 6.79. The Hall–Kier alpha value is -2.45. The second kappa shape index (κ2) is 8.12. The summed E-state index contributed by atoms with van der Waals surface area (Å²) in [6.45, 7) is 2.96. The molecule has 0 atom stereocenters. The smallest absolute Gasteiger partial charge is 0.243 e. The van der Waals surface area contributed by atoms with Gasteiger partial charge in [-0.05, 0) is 56.4 Å². The molecule has 0 radical (unpaired) electrons. The number of nitrogens with zero attached hydrogens (tertiary/aromatic N) is 2. The molecule has 4 rings (SSSR count). The van der Waals surface area contributed by atoms with E-state index in [1.165, 1.54) is 0 Å². The molecule has 2 aliphatic rings. The van der Waals surface area contributed by atoms with Crippen molar-refractivity contribution >= 4 is 33.8 Å². The highest BCUT2D eigenvalue weighted by molar-refractivity contribution is 7.89. The van der Waals surface area contributed by atoms with E-state index in [1.54, 1.807) is 41.6 Å². The molecule has 1 amide bonds. The number of anilines is 1. The summed E-state index contributed by atoms with van der Waals surface area (Å²) in [5.74, 6) is 0.565. The van der Waals surface area contributed by atoms with Crippen molar-refractivity contribution in [1.29, 1.82) is 0 Å². The minimum absolute atomic E-state index is 0.00165. The number of carbonyl (C=O) groups is 1. The van der Waals surface area contributed by atoms with Crippen molar-refractivity contribution in [2.24, 2.45) is 5.92 Å². The Bertz CT molecular complexity index is 1010. The molecule has 8 heteroatoms. The molecular formula is C21H25N3O4S. The summed E-state index contributed by atoms with van der Waals surface area (Å²) in [6.07, 6.45) is 8.30. The van der Waals surface area contributed by atoms with E-state index in [0.29, 0.717) is 35.1 Å². The largest absolute Gasteiger partial charge is 0.354 e. The van der Waals surface area contributed by atoms with Crippen LogP contribution in [0.4, 0.5) is 5.69 Å². The lowest BCUT2D eigenvalue weighted by atomic mass is 10.2. The zero-order chi connectivity index (χ0) is 20.4. The van der Waals surface area contributed by atoms with Crippen LogP contribution in [0.15, 0.2) is 33.7 Å². The minimum atomic E-state index is -3.43. The van der Waals surface area contributed by atoms with Gasteiger partial charge >= 0.3 is 0 Å². The molecule has 2 heterocycles. The van der Waals surface area contributed by atoms with Gasteiger partial charge in [-0.1, -0.05) is 29.8 Å². The first-order chi connectivity index (χ1) is 13.9. The SMILES string of the molecule is Cc1noc(/C=C\c2ccc(S(=O)(=O)N3CCCCC3)cc2)c1NC(=O)C1CC1. The first-order valence-electron chi connectivity index (χ1n) is 10.0. The fourth-order valence-electron chi connectivity index (χ4n) is 3.40. The Labute approximate surface area is 170 Å². The summed E-state index contributed by atoms with van der Waals surface area (Å²) in [4.78, 5) is 12.4. The van der Waals surface area contributed by atoms with Gasteiger partial charge < -0.3 is 9.84 Å². The van der Waals surface area contributed by atoms with Crippen molar-refractivity contribution < 1.29 is 17.7 Å². The molecule has 0 spiro atoms. The van der Waals surface area contributed by atoms with Gasteiger partial charge in [0.25, 0.3) is 0 Å². The number of benzene rings is 1. The fraction of sp³-hybridized carbons (Fsp3) is 0.429. The molecule has 1 aliphatic carbocycles. The van der Waals surface area contributed by atoms with Crippen LogP contribution in [0.5, 0.6) is 0 Å². The molecular weight excluding hydrogens is 390 g/mol. The second-order valence-corrected chi connectivity index (χ2v) is 9.58. The summed E-state index contributed by atoms with van der Waals surface area (Å²) in [5, 5.41) is 6.83. The molecule has 0 bridgehead atoms. The van der Waals surface area contributed by atoms with E-state index in [9.17, 15) is 13.2 Å². The number of sulfonamides is 1. The van der Waals surface area contributed by atoms with Gasteiger partial charge in [0.2, 0.25) is 15.9 Å². The van der Waals surface area contributed by atoms with Crippen molar-refractivity contribution in [2.75, 3.05) is 18.4 Å². The lowest BCUT2D eigenvalue weighted by Gasteiger charge is -2.25. The predicted molar refractivity (Wildman–Crippen MR) is 111 cm³/mol. The number of aromatic nitrogens is 1. The Kier molecular flexibility index (Phi) is 5.56. The molecule has 7 nitrogen and oxygen atoms in total. The lowest BCUT2D eigenvalue weighted by molar-refractivity contribution is -0.117. The van der Waals surface area contributed by atoms with Crippen molar-refractivity contribution in [1.82, 2.24) is 9.46 Å². The standard InChI is InChI=1S/C21H25N3O4S/c1-15-20(22-21(25)17-8-9-17)19(28-23-15)12-7-16-5-10-18(11-6-16)29(26,27)24-13-3-2-4-14-24/h5-7,10-12,17H,2-4,8-9,13-14H2,1H3,(H,22,25)/b12-7-. The number of aryl methyl sites for hydroxylation is 1. The minimum Gasteiger partial charge on any atom is -0.354 e. The maximum Gasteiger partial charge on any atom is 0.243 e. The van der Waals surface area contributed by atoms with Gasteiger partial charge in [0.05, 0.1) is 4.90 Å². The molecule has 1 aromatic heterocycles. The van der Waals surface area contributed by atoms with E-state index in [-0.39, 0.29) is 11.8 Å². The number of amides is 1. The number of hydrogen-bond acceptors (Lipinski definition) is 5. The molecule has 1 saturated carbocycles. The van der Waals surface area contributed by atoms with Crippen LogP contribution in [0.3, 0.4) is 0 Å². The molecule has 1 aliphatic heterocycles. The summed E-state index contributed by atoms with van der Waals surface area (Å²) in [5.41, 5.74) is 2.04. The van der Waals surface area contributed by atoms with Gasteiger partial charge in [-0.2, -0.15) is 4.31 Å². The Morgan fingerprint density at radius 3 is 2.48 bits per heavy atom. The van der Waals surface area contributed by atoms with Crippen LogP contribution < -0.4 is 5.32 Å². The normalized spacial score (nSPS) is 18.2. The van der Waals surface area contributed by atoms with Gasteiger partial charge in [0.15, 0.2) is 5.76 Å². The van der Waals surface area contributed by atoms with Gasteiger partial charge in [0.1, 0.15) is 11.4 Å². The quantitative estimate of drug-likeness (QED) is 0.777. The maximum atomic E-state index is 12.7. The molecule has 1 N–H and O–H groups in total. The van der Waals surface area contributed by atoms with Crippen LogP contribution in [0.1, 0.15) is 49.1 Å². The van der Waals surface area contributed by atoms with E-state index in [1.807, 2.05) is 6.08 Å². The van der Waals surface area contributed by atoms with E-state index < -0.39 is 10.0 Å². The van der Waals surface area contributed by atoms with Crippen LogP contribution in [-0.2, 0) is 14.8 Å². The van der Waals surface area contributed by atoms with Crippen molar-refractivity contribution in [3.63, 3.8) is 0 Å². The van der Waals surface area contributed by atoms with Crippen LogP contribution in [0.2, 0.25) is 0 Å². The number of hydrogen-bond donors (Lipinski definition) is 1. The Morgan fingerprint density at radius 1 is 1.14 bits per heavy atom. The van der Waals surface area contributed by atoms with Gasteiger partial charge in [0, 0.05) is 19.0 Å². The van der Waals surface area contributed by atoms with Crippen LogP contribution in [0, 0.1) is 12.8 Å². The third-order valence-corrected chi connectivity index (χ3v) is 7.26. The first kappa shape index (κ1) is 19.8. The Balaban J connectivity index is 1.48. The molecule has 1 saturated heterocycles. The highest BCUT2D eigenvalue weighted by Crippen LogP contribution is 2.32. The van der Waals surface area contributed by atoms with Crippen molar-refractivity contribution in [2.45, 2.75) is 43.9 Å². The van der Waals surface area contributed by atoms with Gasteiger partial charge in [-0.25, -0.2) is 8.42 Å². The highest BCUT2D eigenvalue weighted by atomic mass is 32.2. The second-order valence-electron chi connectivity index (χ2n) is 7.64. The number of piperidine rings is 1. The van der Waals surface area contributed by atoms with Crippen molar-refractivity contribution in [3.8, 4) is 0 Å². The average molecular weight is 416 g/mol. The molecule has 2 fully saturated rings. The van der Waals surface area contributed by atoms with Crippen LogP contribution in [-0.4, -0.2) is 36.9 Å². The predicted octanol–water partition coefficient (Wildman–Crippen LogP) is 3.68. The number of nitrogens with one attached hydrogen (secondary N) is 1. The fourth-order valence-corrected chi connectivity index (χ4v) is 4.92. The maximum absolute atomic E-state index is 12.7. The molecule has 154 valence electrons. The number of carbonyl (C=O) groups excluding carboxylic acids is 1. The van der Waals surface area contributed by atoms with E-state index in [0.717, 1.165) is 37.7 Å². The monoisotopic (exact) mass is 415 g/mol. The third kappa shape index (κ3) is 4.43. The van der Waals surface area contributed by atoms with Gasteiger partial charge in [-0.15, -0.1) is 0 Å². The van der Waals surface area contributed by atoms with Crippen molar-refractivity contribution in [3.05, 3.63) is 41.3 Å². The summed E-state index contributed by atoms with van der Waals surface area (Å²) >= 11 is 0. The topological polar surface area (TPSA) is 92.5 Å². The lowest BCUT2D eigenvalue weighted by Crippen LogP contribution is -2.35. The van der Waals surface area contributed by atoms with E-state index in [2.05, 4.69) is 10.5 Å². The summed E-state index contributed by atoms with van der Waals surface area (Å²) in [7, 11) is -3.43. The van der Waals surface area contributed by atoms with E-state index >= 15 is 0 Å². The van der Waals surface area contributed by atoms with Crippen LogP contribution in [0.25, 0.3) is 12.2 Å². The highest BCUT2D eigenvalue weighted by Gasteiger charge is 2.31. The third-order valence-electron chi connectivity index (χ3n) is 5.35. The zero-order valence-corrected chi connectivity index (χ0v) is 17.2. The average Bonchev–Trinajstić information content (AvgIpc) is 3.53. The molecule has 2 aromatic rings. The molecule has 0 unspecified atom stereocenters. The zero-order valence-electron chi connectivity index (χ0n) is 16.4. The van der Waals surface area contributed by atoms with Gasteiger partial charge in [-0.3, -0.25) is 4.79 Å². The van der Waals surface area contributed by atoms with Crippen LogP contribution >= 0.6 is 0 Å². The molecule has 1 aromatic carbocycles. The first-order valence-corrected chi connectivity index (χ1v) is 11.4. The Morgan fingerprint density at radius 2 is 1.83 bits per heavy atom. The summed E-state index contributed by atoms with van der Waals surface area (Å²) < 4.78 is 32.3. The van der Waals surface area contributed by atoms with E-state index in [4.69, 9.17) is 4.52 Å².